The zero-order valence-electron chi connectivity index (χ0n) is 17.5. The van der Waals surface area contributed by atoms with E-state index in [0.29, 0.717) is 11.1 Å². The van der Waals surface area contributed by atoms with Crippen molar-refractivity contribution < 1.29 is 23.6 Å². The summed E-state index contributed by atoms with van der Waals surface area (Å²) in [7, 11) is 1.36. The fourth-order valence-electron chi connectivity index (χ4n) is 4.12. The summed E-state index contributed by atoms with van der Waals surface area (Å²) in [4.78, 5) is 53.2. The van der Waals surface area contributed by atoms with Gasteiger partial charge in [-0.1, -0.05) is 30.3 Å². The van der Waals surface area contributed by atoms with Crippen molar-refractivity contribution in [2.24, 2.45) is 5.73 Å². The number of carbonyl (C=O) groups excluding carboxylic acids is 4. The Balaban J connectivity index is 1.48. The van der Waals surface area contributed by atoms with Crippen molar-refractivity contribution in [3.63, 3.8) is 0 Å². The molecule has 4 amide bonds. The van der Waals surface area contributed by atoms with Crippen LogP contribution in [0, 0.1) is 5.82 Å². The molecule has 9 heteroatoms. The number of hydrogen-bond donors (Lipinski definition) is 2. The van der Waals surface area contributed by atoms with E-state index in [1.54, 1.807) is 29.2 Å². The van der Waals surface area contributed by atoms with Gasteiger partial charge in [0.05, 0.1) is 6.54 Å². The third-order valence-electron chi connectivity index (χ3n) is 5.82. The second-order valence-electron chi connectivity index (χ2n) is 8.02. The third-order valence-corrected chi connectivity index (χ3v) is 5.82. The number of nitrogens with one attached hydrogen (secondary N) is 1. The predicted molar refractivity (Wildman–Crippen MR) is 112 cm³/mol. The summed E-state index contributed by atoms with van der Waals surface area (Å²) < 4.78 is 13.6. The molecule has 2 aromatic carbocycles. The number of likely N-dealkylation sites (N-methyl/N-ethyl adjacent to an activating group) is 1. The van der Waals surface area contributed by atoms with Crippen LogP contribution in [0.1, 0.15) is 46.4 Å². The monoisotopic (exact) mass is 438 g/mol. The van der Waals surface area contributed by atoms with Crippen molar-refractivity contribution >= 4 is 23.6 Å². The van der Waals surface area contributed by atoms with Crippen LogP contribution in [0.3, 0.4) is 0 Å². The minimum atomic E-state index is -1.19. The average Bonchev–Trinajstić information content (AvgIpc) is 3.55. The Kier molecular flexibility index (Phi) is 5.65. The fraction of sp³-hybridized carbons (Fsp3) is 0.304. The van der Waals surface area contributed by atoms with Gasteiger partial charge in [-0.25, -0.2) is 4.39 Å². The molecule has 4 rings (SSSR count). The molecule has 0 radical (unpaired) electrons. The summed E-state index contributed by atoms with van der Waals surface area (Å²) in [6.07, 6.45) is 1.66. The molecular weight excluding hydrogens is 415 g/mol. The van der Waals surface area contributed by atoms with E-state index >= 15 is 0 Å². The Labute approximate surface area is 184 Å². The van der Waals surface area contributed by atoms with Crippen molar-refractivity contribution in [1.82, 2.24) is 15.1 Å². The lowest BCUT2D eigenvalue weighted by Crippen LogP contribution is -2.46. The molecule has 1 heterocycles. The number of halogens is 1. The molecule has 1 saturated carbocycles. The van der Waals surface area contributed by atoms with Crippen LogP contribution in [-0.4, -0.2) is 53.1 Å². The number of nitrogens with two attached hydrogens (primary N) is 1. The summed E-state index contributed by atoms with van der Waals surface area (Å²) in [6.45, 7) is -0.403. The number of fused-ring (bicyclic) bond motifs is 1. The first-order valence-electron chi connectivity index (χ1n) is 10.3. The van der Waals surface area contributed by atoms with E-state index in [-0.39, 0.29) is 17.5 Å². The molecule has 166 valence electrons. The Hall–Kier alpha value is -3.75. The largest absolute Gasteiger partial charge is 0.368 e. The number of rotatable bonds is 7. The van der Waals surface area contributed by atoms with Gasteiger partial charge in [-0.2, -0.15) is 0 Å². The van der Waals surface area contributed by atoms with Crippen molar-refractivity contribution in [2.75, 3.05) is 13.6 Å². The number of primary amides is 1. The third kappa shape index (κ3) is 3.93. The first-order chi connectivity index (χ1) is 15.3. The van der Waals surface area contributed by atoms with Crippen LogP contribution in [0.15, 0.2) is 48.5 Å². The molecule has 0 aromatic heterocycles. The lowest BCUT2D eigenvalue weighted by atomic mass is 10.0. The van der Waals surface area contributed by atoms with Gasteiger partial charge in [-0.3, -0.25) is 19.2 Å². The highest BCUT2D eigenvalue weighted by Gasteiger charge is 2.47. The molecule has 8 nitrogen and oxygen atoms in total. The molecule has 1 aliphatic carbocycles. The zero-order valence-corrected chi connectivity index (χ0v) is 17.5. The van der Waals surface area contributed by atoms with E-state index in [1.807, 2.05) is 0 Å². The minimum absolute atomic E-state index is 0.0104. The van der Waals surface area contributed by atoms with Gasteiger partial charge < -0.3 is 20.9 Å². The highest BCUT2D eigenvalue weighted by molar-refractivity contribution is 6.05. The van der Waals surface area contributed by atoms with E-state index in [2.05, 4.69) is 5.32 Å². The summed E-state index contributed by atoms with van der Waals surface area (Å²) in [6, 6.07) is 10.2. The molecule has 2 aromatic rings. The molecule has 2 aliphatic rings. The number of benzene rings is 2. The Bertz CT molecular complexity index is 1100. The van der Waals surface area contributed by atoms with Crippen LogP contribution in [0.4, 0.5) is 4.39 Å². The Morgan fingerprint density at radius 1 is 1.19 bits per heavy atom. The molecule has 1 aliphatic heterocycles. The number of carbonyl (C=O) groups is 4. The van der Waals surface area contributed by atoms with E-state index in [1.165, 1.54) is 25.2 Å². The van der Waals surface area contributed by atoms with Gasteiger partial charge in [0.15, 0.2) is 0 Å². The molecule has 0 saturated heterocycles. The van der Waals surface area contributed by atoms with Gasteiger partial charge >= 0.3 is 0 Å². The maximum atomic E-state index is 13.6. The summed E-state index contributed by atoms with van der Waals surface area (Å²) in [5.74, 6) is -2.63. The second-order valence-corrected chi connectivity index (χ2v) is 8.02. The van der Waals surface area contributed by atoms with Crippen LogP contribution in [0.2, 0.25) is 0 Å². The topological polar surface area (TPSA) is 113 Å². The van der Waals surface area contributed by atoms with Crippen molar-refractivity contribution in [3.05, 3.63) is 71.0 Å². The van der Waals surface area contributed by atoms with Crippen molar-refractivity contribution in [3.8, 4) is 0 Å². The molecule has 0 bridgehead atoms. The maximum Gasteiger partial charge on any atom is 0.255 e. The molecule has 3 N–H and O–H groups in total. The van der Waals surface area contributed by atoms with Gasteiger partial charge in [-0.05, 0) is 42.2 Å². The van der Waals surface area contributed by atoms with Gasteiger partial charge in [0, 0.05) is 18.7 Å². The van der Waals surface area contributed by atoms with Crippen LogP contribution < -0.4 is 11.1 Å². The fourth-order valence-corrected chi connectivity index (χ4v) is 4.12. The van der Waals surface area contributed by atoms with Crippen LogP contribution in [-0.2, 0) is 14.4 Å². The lowest BCUT2D eigenvalue weighted by molar-refractivity contribution is -0.138. The maximum absolute atomic E-state index is 13.6. The highest BCUT2D eigenvalue weighted by Crippen LogP contribution is 2.41. The first-order valence-corrected chi connectivity index (χ1v) is 10.3. The number of nitrogens with zero attached hydrogens (tertiary/aromatic N) is 2. The molecule has 0 spiro atoms. The van der Waals surface area contributed by atoms with Gasteiger partial charge in [0.2, 0.25) is 17.7 Å². The van der Waals surface area contributed by atoms with Crippen molar-refractivity contribution in [1.29, 1.82) is 0 Å². The standard InChI is InChI=1S/C23H23FN4O4/c1-27(19(21(25)30)13-5-4-6-14(24)11-13)18(29)12-26-22(31)20-16-7-2-3-8-17(16)23(32)28(20)15-9-10-15/h2-8,11,15,19-20H,9-10,12H2,1H3,(H2,25,30)(H,26,31). The summed E-state index contributed by atoms with van der Waals surface area (Å²) in [5, 5.41) is 2.59. The predicted octanol–water partition coefficient (Wildman–Crippen LogP) is 1.29. The number of hydrogen-bond acceptors (Lipinski definition) is 4. The summed E-state index contributed by atoms with van der Waals surface area (Å²) in [5.41, 5.74) is 6.78. The van der Waals surface area contributed by atoms with Crippen LogP contribution in [0.25, 0.3) is 0 Å². The molecule has 1 fully saturated rings. The summed E-state index contributed by atoms with van der Waals surface area (Å²) >= 11 is 0. The minimum Gasteiger partial charge on any atom is -0.368 e. The number of amides is 4. The Morgan fingerprint density at radius 2 is 1.91 bits per heavy atom. The first kappa shape index (κ1) is 21.5. The quantitative estimate of drug-likeness (QED) is 0.678. The molecule has 2 atom stereocenters. The van der Waals surface area contributed by atoms with E-state index < -0.39 is 42.2 Å². The smallest absolute Gasteiger partial charge is 0.255 e. The molecular formula is C23H23FN4O4. The zero-order chi connectivity index (χ0) is 23.0. The second kappa shape index (κ2) is 8.41. The van der Waals surface area contributed by atoms with Crippen LogP contribution in [0.5, 0.6) is 0 Å². The van der Waals surface area contributed by atoms with Gasteiger partial charge in [0.1, 0.15) is 17.9 Å². The van der Waals surface area contributed by atoms with E-state index in [9.17, 15) is 23.6 Å². The lowest BCUT2D eigenvalue weighted by Gasteiger charge is -2.27. The van der Waals surface area contributed by atoms with E-state index in [4.69, 9.17) is 5.73 Å². The molecule has 32 heavy (non-hydrogen) atoms. The van der Waals surface area contributed by atoms with E-state index in [0.717, 1.165) is 23.8 Å². The SMILES string of the molecule is CN(C(=O)CNC(=O)C1c2ccccc2C(=O)N1C1CC1)C(C(N)=O)c1cccc(F)c1. The van der Waals surface area contributed by atoms with Gasteiger partial charge in [-0.15, -0.1) is 0 Å². The molecule has 2 unspecified atom stereocenters. The normalized spacial score (nSPS) is 18.1. The Morgan fingerprint density at radius 3 is 2.56 bits per heavy atom. The van der Waals surface area contributed by atoms with Gasteiger partial charge in [0.25, 0.3) is 5.91 Å². The highest BCUT2D eigenvalue weighted by atomic mass is 19.1. The van der Waals surface area contributed by atoms with Crippen molar-refractivity contribution in [2.45, 2.75) is 31.0 Å². The average molecular weight is 438 g/mol. The van der Waals surface area contributed by atoms with Crippen LogP contribution >= 0.6 is 0 Å².